The van der Waals surface area contributed by atoms with Gasteiger partial charge in [0.15, 0.2) is 0 Å². The lowest BCUT2D eigenvalue weighted by Gasteiger charge is -2.31. The van der Waals surface area contributed by atoms with Gasteiger partial charge in [-0.15, -0.1) is 0 Å². The maximum absolute atomic E-state index is 12.1. The molecule has 1 atom stereocenters. The SMILES string of the molecule is Cc1ccccc1OCCCC(=O)N1CCCC(CO)C1. The molecule has 1 aliphatic rings. The second-order valence-electron chi connectivity index (χ2n) is 5.75. The van der Waals surface area contributed by atoms with Gasteiger partial charge in [-0.05, 0) is 43.7 Å². The van der Waals surface area contributed by atoms with Crippen LogP contribution in [0.15, 0.2) is 24.3 Å². The molecular formula is C17H25NO3. The van der Waals surface area contributed by atoms with E-state index in [1.165, 1.54) is 0 Å². The van der Waals surface area contributed by atoms with E-state index in [-0.39, 0.29) is 18.4 Å². The number of amides is 1. The molecule has 4 nitrogen and oxygen atoms in total. The van der Waals surface area contributed by atoms with Crippen LogP contribution in [-0.2, 0) is 4.79 Å². The van der Waals surface area contributed by atoms with Crippen LogP contribution in [0.1, 0.15) is 31.2 Å². The van der Waals surface area contributed by atoms with Crippen molar-refractivity contribution in [1.29, 1.82) is 0 Å². The number of nitrogens with zero attached hydrogens (tertiary/aromatic N) is 1. The van der Waals surface area contributed by atoms with Gasteiger partial charge in [-0.2, -0.15) is 0 Å². The standard InChI is InChI=1S/C17H25NO3/c1-14-6-2-3-8-16(14)21-11-5-9-17(20)18-10-4-7-15(12-18)13-19/h2-3,6,8,15,19H,4-5,7,9-13H2,1H3. The number of aryl methyl sites for hydroxylation is 1. The number of piperidine rings is 1. The summed E-state index contributed by atoms with van der Waals surface area (Å²) in [5.74, 6) is 1.33. The second kappa shape index (κ2) is 8.03. The quantitative estimate of drug-likeness (QED) is 0.819. The third-order valence-corrected chi connectivity index (χ3v) is 4.02. The maximum atomic E-state index is 12.1. The molecular weight excluding hydrogens is 266 g/mol. The molecule has 1 fully saturated rings. The van der Waals surface area contributed by atoms with Crippen molar-refractivity contribution in [3.63, 3.8) is 0 Å². The van der Waals surface area contributed by atoms with Gasteiger partial charge in [0.1, 0.15) is 5.75 Å². The Balaban J connectivity index is 1.68. The van der Waals surface area contributed by atoms with Crippen LogP contribution in [0, 0.1) is 12.8 Å². The monoisotopic (exact) mass is 291 g/mol. The van der Waals surface area contributed by atoms with Crippen molar-refractivity contribution in [2.45, 2.75) is 32.6 Å². The van der Waals surface area contributed by atoms with Crippen LogP contribution in [0.4, 0.5) is 0 Å². The molecule has 0 bridgehead atoms. The number of aliphatic hydroxyl groups is 1. The summed E-state index contributed by atoms with van der Waals surface area (Å²) in [6.07, 6.45) is 3.27. The van der Waals surface area contributed by atoms with E-state index >= 15 is 0 Å². The molecule has 0 spiro atoms. The molecule has 0 saturated carbocycles. The zero-order chi connectivity index (χ0) is 15.1. The lowest BCUT2D eigenvalue weighted by Crippen LogP contribution is -2.40. The third kappa shape index (κ3) is 4.74. The molecule has 1 saturated heterocycles. The van der Waals surface area contributed by atoms with Crippen LogP contribution in [0.25, 0.3) is 0 Å². The normalized spacial score (nSPS) is 18.6. The summed E-state index contributed by atoms with van der Waals surface area (Å²) in [6.45, 7) is 4.29. The van der Waals surface area contributed by atoms with Gasteiger partial charge >= 0.3 is 0 Å². The number of para-hydroxylation sites is 1. The molecule has 0 radical (unpaired) electrons. The molecule has 2 rings (SSSR count). The Morgan fingerprint density at radius 1 is 1.43 bits per heavy atom. The lowest BCUT2D eigenvalue weighted by molar-refractivity contribution is -0.133. The van der Waals surface area contributed by atoms with Gasteiger partial charge in [-0.3, -0.25) is 4.79 Å². The first-order valence-corrected chi connectivity index (χ1v) is 7.77. The molecule has 1 amide bonds. The maximum Gasteiger partial charge on any atom is 0.222 e. The van der Waals surface area contributed by atoms with E-state index in [4.69, 9.17) is 4.74 Å². The van der Waals surface area contributed by atoms with E-state index in [9.17, 15) is 9.90 Å². The van der Waals surface area contributed by atoms with Gasteiger partial charge in [-0.1, -0.05) is 18.2 Å². The Kier molecular flexibility index (Phi) is 6.05. The Labute approximate surface area is 126 Å². The van der Waals surface area contributed by atoms with Crippen molar-refractivity contribution >= 4 is 5.91 Å². The van der Waals surface area contributed by atoms with Gasteiger partial charge < -0.3 is 14.7 Å². The minimum Gasteiger partial charge on any atom is -0.493 e. The number of carbonyl (C=O) groups excluding carboxylic acids is 1. The fourth-order valence-corrected chi connectivity index (χ4v) is 2.72. The molecule has 1 N–H and O–H groups in total. The number of hydrogen-bond donors (Lipinski definition) is 1. The van der Waals surface area contributed by atoms with E-state index in [1.54, 1.807) is 0 Å². The molecule has 0 aliphatic carbocycles. The third-order valence-electron chi connectivity index (χ3n) is 4.02. The lowest BCUT2D eigenvalue weighted by atomic mass is 9.99. The largest absolute Gasteiger partial charge is 0.493 e. The Morgan fingerprint density at radius 3 is 3.00 bits per heavy atom. The van der Waals surface area contributed by atoms with Crippen LogP contribution < -0.4 is 4.74 Å². The fourth-order valence-electron chi connectivity index (χ4n) is 2.72. The average Bonchev–Trinajstić information content (AvgIpc) is 2.53. The molecule has 21 heavy (non-hydrogen) atoms. The number of ether oxygens (including phenoxy) is 1. The van der Waals surface area contributed by atoms with E-state index in [0.717, 1.165) is 37.1 Å². The van der Waals surface area contributed by atoms with Gasteiger partial charge in [0.2, 0.25) is 5.91 Å². The second-order valence-corrected chi connectivity index (χ2v) is 5.75. The van der Waals surface area contributed by atoms with Gasteiger partial charge in [0.25, 0.3) is 0 Å². The zero-order valence-corrected chi connectivity index (χ0v) is 12.8. The summed E-state index contributed by atoms with van der Waals surface area (Å²) < 4.78 is 5.71. The Hall–Kier alpha value is -1.55. The number of likely N-dealkylation sites (tertiary alicyclic amines) is 1. The number of rotatable bonds is 6. The van der Waals surface area contributed by atoms with Gasteiger partial charge in [-0.25, -0.2) is 0 Å². The highest BCUT2D eigenvalue weighted by atomic mass is 16.5. The zero-order valence-electron chi connectivity index (χ0n) is 12.8. The summed E-state index contributed by atoms with van der Waals surface area (Å²) >= 11 is 0. The van der Waals surface area contributed by atoms with Crippen molar-refractivity contribution in [2.75, 3.05) is 26.3 Å². The van der Waals surface area contributed by atoms with Crippen molar-refractivity contribution < 1.29 is 14.6 Å². The van der Waals surface area contributed by atoms with Gasteiger partial charge in [0.05, 0.1) is 6.61 Å². The Bertz CT molecular complexity index is 461. The number of hydrogen-bond acceptors (Lipinski definition) is 3. The highest BCUT2D eigenvalue weighted by Crippen LogP contribution is 2.18. The fraction of sp³-hybridized carbons (Fsp3) is 0.588. The first kappa shape index (κ1) is 15.8. The minimum absolute atomic E-state index is 0.181. The number of benzene rings is 1. The molecule has 1 aromatic carbocycles. The van der Waals surface area contributed by atoms with Crippen LogP contribution in [0.5, 0.6) is 5.75 Å². The van der Waals surface area contributed by atoms with Crippen molar-refractivity contribution in [1.82, 2.24) is 4.90 Å². The predicted molar refractivity (Wildman–Crippen MR) is 82.3 cm³/mol. The summed E-state index contributed by atoms with van der Waals surface area (Å²) in [4.78, 5) is 14.0. The van der Waals surface area contributed by atoms with Crippen LogP contribution in [0.3, 0.4) is 0 Å². The molecule has 1 heterocycles. The van der Waals surface area contributed by atoms with Crippen molar-refractivity contribution in [2.24, 2.45) is 5.92 Å². The van der Waals surface area contributed by atoms with E-state index < -0.39 is 0 Å². The molecule has 4 heteroatoms. The summed E-state index contributed by atoms with van der Waals surface area (Å²) in [6, 6.07) is 7.91. The topological polar surface area (TPSA) is 49.8 Å². The van der Waals surface area contributed by atoms with Crippen LogP contribution >= 0.6 is 0 Å². The highest BCUT2D eigenvalue weighted by Gasteiger charge is 2.22. The van der Waals surface area contributed by atoms with Crippen LogP contribution in [-0.4, -0.2) is 42.2 Å². The average molecular weight is 291 g/mol. The molecule has 1 unspecified atom stereocenters. The van der Waals surface area contributed by atoms with E-state index in [2.05, 4.69) is 0 Å². The summed E-state index contributed by atoms with van der Waals surface area (Å²) in [5, 5.41) is 9.20. The first-order valence-electron chi connectivity index (χ1n) is 7.77. The summed E-state index contributed by atoms with van der Waals surface area (Å²) in [5.41, 5.74) is 1.12. The van der Waals surface area contributed by atoms with Crippen LogP contribution in [0.2, 0.25) is 0 Å². The predicted octanol–water partition coefficient (Wildman–Crippen LogP) is 2.38. The van der Waals surface area contributed by atoms with Gasteiger partial charge in [0, 0.05) is 26.1 Å². The smallest absolute Gasteiger partial charge is 0.222 e. The Morgan fingerprint density at radius 2 is 2.24 bits per heavy atom. The first-order chi connectivity index (χ1) is 10.2. The summed E-state index contributed by atoms with van der Waals surface area (Å²) in [7, 11) is 0. The van der Waals surface area contributed by atoms with Crippen molar-refractivity contribution in [3.05, 3.63) is 29.8 Å². The highest BCUT2D eigenvalue weighted by molar-refractivity contribution is 5.76. The molecule has 116 valence electrons. The molecule has 1 aliphatic heterocycles. The number of aliphatic hydroxyl groups excluding tert-OH is 1. The molecule has 0 aromatic heterocycles. The van der Waals surface area contributed by atoms with Crippen molar-refractivity contribution in [3.8, 4) is 5.75 Å². The minimum atomic E-state index is 0.181. The molecule has 1 aromatic rings. The number of carbonyl (C=O) groups is 1. The van der Waals surface area contributed by atoms with E-state index in [0.29, 0.717) is 19.6 Å². The van der Waals surface area contributed by atoms with E-state index in [1.807, 2.05) is 36.1 Å².